The number of rotatable bonds is 11. The van der Waals surface area contributed by atoms with Gasteiger partial charge in [0.05, 0.1) is 26.2 Å². The minimum Gasteiger partial charge on any atom is -0.497 e. The molecular formula is C25H35N3O6S. The summed E-state index contributed by atoms with van der Waals surface area (Å²) in [5.41, 5.74) is 2.00. The van der Waals surface area contributed by atoms with E-state index in [4.69, 9.17) is 9.47 Å². The number of sulfonamides is 1. The van der Waals surface area contributed by atoms with Gasteiger partial charge in [-0.05, 0) is 45.4 Å². The molecule has 10 heteroatoms. The third-order valence-corrected chi connectivity index (χ3v) is 6.49. The predicted octanol–water partition coefficient (Wildman–Crippen LogP) is 2.72. The van der Waals surface area contributed by atoms with Crippen molar-refractivity contribution in [3.63, 3.8) is 0 Å². The Morgan fingerprint density at radius 3 is 2.26 bits per heavy atom. The van der Waals surface area contributed by atoms with Gasteiger partial charge < -0.3 is 19.7 Å². The number of aryl methyl sites for hydroxylation is 1. The highest BCUT2D eigenvalue weighted by Crippen LogP contribution is 2.34. The van der Waals surface area contributed by atoms with Crippen LogP contribution in [0.2, 0.25) is 0 Å². The van der Waals surface area contributed by atoms with E-state index < -0.39 is 28.5 Å². The van der Waals surface area contributed by atoms with Gasteiger partial charge >= 0.3 is 0 Å². The predicted molar refractivity (Wildman–Crippen MR) is 136 cm³/mol. The van der Waals surface area contributed by atoms with Crippen molar-refractivity contribution in [1.82, 2.24) is 10.2 Å². The van der Waals surface area contributed by atoms with E-state index in [-0.39, 0.29) is 29.9 Å². The highest BCUT2D eigenvalue weighted by Gasteiger charge is 2.31. The molecule has 2 aromatic rings. The quantitative estimate of drug-likeness (QED) is 0.504. The molecule has 2 aromatic carbocycles. The number of carbonyl (C=O) groups is 2. The first kappa shape index (κ1) is 28.0. The van der Waals surface area contributed by atoms with Gasteiger partial charge in [0.25, 0.3) is 0 Å². The number of anilines is 1. The smallest absolute Gasteiger partial charge is 0.244 e. The number of amides is 2. The summed E-state index contributed by atoms with van der Waals surface area (Å²) in [6.45, 7) is 6.84. The van der Waals surface area contributed by atoms with Crippen molar-refractivity contribution < 1.29 is 27.5 Å². The molecule has 0 aliphatic rings. The summed E-state index contributed by atoms with van der Waals surface area (Å²) in [7, 11) is -1.03. The Morgan fingerprint density at radius 2 is 1.71 bits per heavy atom. The minimum atomic E-state index is -3.90. The first-order valence-corrected chi connectivity index (χ1v) is 13.1. The number of nitrogens with zero attached hydrogens (tertiary/aromatic N) is 2. The molecular weight excluding hydrogens is 470 g/mol. The summed E-state index contributed by atoms with van der Waals surface area (Å²) in [5, 5.41) is 2.82. The Labute approximate surface area is 208 Å². The monoisotopic (exact) mass is 505 g/mol. The van der Waals surface area contributed by atoms with Crippen LogP contribution in [-0.4, -0.2) is 64.2 Å². The first-order chi connectivity index (χ1) is 16.4. The zero-order chi connectivity index (χ0) is 26.3. The topological polar surface area (TPSA) is 105 Å². The fraction of sp³-hybridized carbons (Fsp3) is 0.440. The Balaban J connectivity index is 2.49. The fourth-order valence-electron chi connectivity index (χ4n) is 3.58. The van der Waals surface area contributed by atoms with E-state index in [1.54, 1.807) is 19.1 Å². The summed E-state index contributed by atoms with van der Waals surface area (Å²) < 4.78 is 37.1. The van der Waals surface area contributed by atoms with Crippen LogP contribution in [0, 0.1) is 6.92 Å². The molecule has 0 aliphatic carbocycles. The Hall–Kier alpha value is -3.27. The molecule has 0 aromatic heterocycles. The molecule has 9 nitrogen and oxygen atoms in total. The molecule has 2 amide bonds. The van der Waals surface area contributed by atoms with Gasteiger partial charge in [0, 0.05) is 18.7 Å². The molecule has 35 heavy (non-hydrogen) atoms. The lowest BCUT2D eigenvalue weighted by Gasteiger charge is -2.32. The van der Waals surface area contributed by atoms with Crippen LogP contribution >= 0.6 is 0 Å². The van der Waals surface area contributed by atoms with Crippen LogP contribution in [0.1, 0.15) is 31.9 Å². The lowest BCUT2D eigenvalue weighted by molar-refractivity contribution is -0.139. The van der Waals surface area contributed by atoms with Crippen molar-refractivity contribution in [2.45, 2.75) is 46.3 Å². The minimum absolute atomic E-state index is 0.116. The van der Waals surface area contributed by atoms with Crippen LogP contribution < -0.4 is 19.1 Å². The molecule has 0 aliphatic heterocycles. The van der Waals surface area contributed by atoms with E-state index in [0.717, 1.165) is 21.7 Å². The summed E-state index contributed by atoms with van der Waals surface area (Å²) in [5.74, 6) is -0.192. The molecule has 0 saturated heterocycles. The van der Waals surface area contributed by atoms with Crippen molar-refractivity contribution in [3.05, 3.63) is 53.6 Å². The Bertz CT molecular complexity index is 1150. The normalized spacial score (nSPS) is 12.1. The average molecular weight is 506 g/mol. The van der Waals surface area contributed by atoms with Crippen molar-refractivity contribution in [1.29, 1.82) is 0 Å². The van der Waals surface area contributed by atoms with Crippen LogP contribution in [0.5, 0.6) is 11.5 Å². The molecule has 192 valence electrons. The van der Waals surface area contributed by atoms with Crippen LogP contribution in [0.3, 0.4) is 0 Å². The fourth-order valence-corrected chi connectivity index (χ4v) is 4.43. The highest BCUT2D eigenvalue weighted by molar-refractivity contribution is 7.92. The van der Waals surface area contributed by atoms with Crippen molar-refractivity contribution in [2.24, 2.45) is 0 Å². The SMILES string of the molecule is COc1ccc(OC)c(N(CC(=O)N(Cc2cccc(C)c2)C(C)C(=O)NC(C)C)S(C)(=O)=O)c1. The van der Waals surface area contributed by atoms with E-state index in [2.05, 4.69) is 5.32 Å². The number of hydrogen-bond acceptors (Lipinski definition) is 6. The number of methoxy groups -OCH3 is 2. The van der Waals surface area contributed by atoms with Gasteiger partial charge in [-0.3, -0.25) is 13.9 Å². The second kappa shape index (κ2) is 11.9. The molecule has 1 unspecified atom stereocenters. The van der Waals surface area contributed by atoms with E-state index in [1.165, 1.54) is 25.2 Å². The molecule has 0 heterocycles. The lowest BCUT2D eigenvalue weighted by Crippen LogP contribution is -2.52. The molecule has 0 bridgehead atoms. The number of benzene rings is 2. The summed E-state index contributed by atoms with van der Waals surface area (Å²) >= 11 is 0. The third kappa shape index (κ3) is 7.61. The van der Waals surface area contributed by atoms with Crippen molar-refractivity contribution in [3.8, 4) is 11.5 Å². The van der Waals surface area contributed by atoms with Crippen LogP contribution in [-0.2, 0) is 26.2 Å². The number of hydrogen-bond donors (Lipinski definition) is 1. The maximum absolute atomic E-state index is 13.6. The third-order valence-electron chi connectivity index (χ3n) is 5.37. The van der Waals surface area contributed by atoms with E-state index in [1.807, 2.05) is 45.0 Å². The number of carbonyl (C=O) groups excluding carboxylic acids is 2. The van der Waals surface area contributed by atoms with Crippen LogP contribution in [0.4, 0.5) is 5.69 Å². The zero-order valence-electron chi connectivity index (χ0n) is 21.4. The van der Waals surface area contributed by atoms with E-state index in [9.17, 15) is 18.0 Å². The second-order valence-corrected chi connectivity index (χ2v) is 10.6. The standard InChI is InChI=1S/C25H35N3O6S/c1-17(2)26-25(30)19(4)27(15-20-10-8-9-18(3)13-20)24(29)16-28(35(7,31)32)22-14-21(33-5)11-12-23(22)34-6/h8-14,17,19H,15-16H2,1-7H3,(H,26,30). The van der Waals surface area contributed by atoms with Gasteiger partial charge in [-0.15, -0.1) is 0 Å². The van der Waals surface area contributed by atoms with Crippen molar-refractivity contribution in [2.75, 3.05) is 31.3 Å². The first-order valence-electron chi connectivity index (χ1n) is 11.2. The highest BCUT2D eigenvalue weighted by atomic mass is 32.2. The summed E-state index contributed by atoms with van der Waals surface area (Å²) in [6.07, 6.45) is 1.01. The Kier molecular flexibility index (Phi) is 9.53. The van der Waals surface area contributed by atoms with Gasteiger partial charge in [0.15, 0.2) is 0 Å². The number of ether oxygens (including phenoxy) is 2. The average Bonchev–Trinajstić information content (AvgIpc) is 2.78. The van der Waals surface area contributed by atoms with Gasteiger partial charge in [0.1, 0.15) is 24.1 Å². The molecule has 0 spiro atoms. The largest absolute Gasteiger partial charge is 0.497 e. The summed E-state index contributed by atoms with van der Waals surface area (Å²) in [4.78, 5) is 27.8. The molecule has 2 rings (SSSR count). The number of nitrogens with one attached hydrogen (secondary N) is 1. The molecule has 0 fully saturated rings. The van der Waals surface area contributed by atoms with E-state index >= 15 is 0 Å². The maximum Gasteiger partial charge on any atom is 0.244 e. The van der Waals surface area contributed by atoms with Gasteiger partial charge in [-0.2, -0.15) is 0 Å². The van der Waals surface area contributed by atoms with E-state index in [0.29, 0.717) is 5.75 Å². The molecule has 0 saturated carbocycles. The summed E-state index contributed by atoms with van der Waals surface area (Å²) in [6, 6.07) is 11.3. The van der Waals surface area contributed by atoms with Crippen molar-refractivity contribution >= 4 is 27.5 Å². The lowest BCUT2D eigenvalue weighted by atomic mass is 10.1. The van der Waals surface area contributed by atoms with Crippen LogP contribution in [0.15, 0.2) is 42.5 Å². The van der Waals surface area contributed by atoms with Gasteiger partial charge in [-0.25, -0.2) is 8.42 Å². The second-order valence-electron chi connectivity index (χ2n) is 8.66. The molecule has 0 radical (unpaired) electrons. The molecule has 1 N–H and O–H groups in total. The zero-order valence-corrected chi connectivity index (χ0v) is 22.2. The maximum atomic E-state index is 13.6. The van der Waals surface area contributed by atoms with Crippen LogP contribution in [0.25, 0.3) is 0 Å². The Morgan fingerprint density at radius 1 is 1.03 bits per heavy atom. The van der Waals surface area contributed by atoms with Gasteiger partial charge in [0.2, 0.25) is 21.8 Å². The van der Waals surface area contributed by atoms with Gasteiger partial charge in [-0.1, -0.05) is 29.8 Å². The molecule has 1 atom stereocenters.